The second-order valence-electron chi connectivity index (χ2n) is 8.55. The van der Waals surface area contributed by atoms with Crippen molar-refractivity contribution in [1.82, 2.24) is 24.7 Å². The zero-order chi connectivity index (χ0) is 20.1. The number of aromatic nitrogens is 2. The fraction of sp³-hybridized carbons (Fsp3) is 0.762. The van der Waals surface area contributed by atoms with E-state index in [2.05, 4.69) is 45.8 Å². The maximum absolute atomic E-state index is 13.1. The number of hydrogen-bond donors (Lipinski definition) is 0. The molecule has 0 aliphatic carbocycles. The van der Waals surface area contributed by atoms with E-state index in [0.29, 0.717) is 11.6 Å². The van der Waals surface area contributed by atoms with Crippen LogP contribution in [-0.4, -0.2) is 97.0 Å². The molecule has 2 aliphatic rings. The van der Waals surface area contributed by atoms with Gasteiger partial charge < -0.3 is 19.6 Å². The quantitative estimate of drug-likeness (QED) is 0.742. The van der Waals surface area contributed by atoms with Crippen molar-refractivity contribution in [2.45, 2.75) is 45.1 Å². The minimum atomic E-state index is 0.0772. The van der Waals surface area contributed by atoms with Crippen LogP contribution in [0.15, 0.2) is 6.20 Å². The Hall–Kier alpha value is -1.73. The molecule has 156 valence electrons. The zero-order valence-electron chi connectivity index (χ0n) is 18.0. The predicted molar refractivity (Wildman–Crippen MR) is 113 cm³/mol. The number of piperidine rings is 2. The molecule has 3 rings (SSSR count). The summed E-state index contributed by atoms with van der Waals surface area (Å²) >= 11 is 0. The third kappa shape index (κ3) is 5.20. The number of likely N-dealkylation sites (N-methyl/N-ethyl adjacent to an activating group) is 2. The third-order valence-electron chi connectivity index (χ3n) is 6.04. The Morgan fingerprint density at radius 3 is 2.54 bits per heavy atom. The molecule has 1 atom stereocenters. The topological polar surface area (TPSA) is 55.8 Å². The summed E-state index contributed by atoms with van der Waals surface area (Å²) in [5.41, 5.74) is 1.45. The summed E-state index contributed by atoms with van der Waals surface area (Å²) in [6, 6.07) is 0.423. The van der Waals surface area contributed by atoms with Gasteiger partial charge in [-0.05, 0) is 60.2 Å². The molecule has 7 nitrogen and oxygen atoms in total. The van der Waals surface area contributed by atoms with Gasteiger partial charge in [0.25, 0.3) is 5.91 Å². The average Bonchev–Trinajstić information content (AvgIpc) is 2.72. The van der Waals surface area contributed by atoms with E-state index < -0.39 is 0 Å². The monoisotopic (exact) mass is 388 g/mol. The summed E-state index contributed by atoms with van der Waals surface area (Å²) in [4.78, 5) is 31.2. The molecule has 0 N–H and O–H groups in total. The standard InChI is InChI=1S/C21H36N6O/c1-17-19(15-22-21(23-17)26-10-6-5-7-11-26)20(28)27-12-8-9-18(16-27)25(4)14-13-24(2)3/h15,18H,5-14,16H2,1-4H3. The summed E-state index contributed by atoms with van der Waals surface area (Å²) in [5, 5.41) is 0. The lowest BCUT2D eigenvalue weighted by Gasteiger charge is -2.38. The van der Waals surface area contributed by atoms with Gasteiger partial charge in [-0.1, -0.05) is 0 Å². The van der Waals surface area contributed by atoms with Crippen LogP contribution < -0.4 is 4.90 Å². The van der Waals surface area contributed by atoms with Crippen LogP contribution in [0.2, 0.25) is 0 Å². The van der Waals surface area contributed by atoms with Gasteiger partial charge in [0.15, 0.2) is 0 Å². The average molecular weight is 389 g/mol. The molecule has 1 unspecified atom stereocenters. The first-order valence-corrected chi connectivity index (χ1v) is 10.7. The summed E-state index contributed by atoms with van der Waals surface area (Å²) in [5.74, 6) is 0.849. The number of hydrogen-bond acceptors (Lipinski definition) is 6. The highest BCUT2D eigenvalue weighted by Crippen LogP contribution is 2.20. The van der Waals surface area contributed by atoms with Crippen LogP contribution >= 0.6 is 0 Å². The van der Waals surface area contributed by atoms with E-state index in [4.69, 9.17) is 0 Å². The van der Waals surface area contributed by atoms with Gasteiger partial charge >= 0.3 is 0 Å². The molecular formula is C21H36N6O. The normalized spacial score (nSPS) is 20.9. The lowest BCUT2D eigenvalue weighted by molar-refractivity contribution is 0.0602. The number of carbonyl (C=O) groups excluding carboxylic acids is 1. The second kappa shape index (κ2) is 9.65. The Morgan fingerprint density at radius 2 is 1.86 bits per heavy atom. The zero-order valence-corrected chi connectivity index (χ0v) is 18.0. The molecule has 28 heavy (non-hydrogen) atoms. The molecule has 1 aromatic rings. The van der Waals surface area contributed by atoms with Crippen LogP contribution in [0.25, 0.3) is 0 Å². The number of amides is 1. The molecule has 1 aromatic heterocycles. The maximum Gasteiger partial charge on any atom is 0.257 e. The van der Waals surface area contributed by atoms with E-state index in [1.807, 2.05) is 11.8 Å². The first kappa shape index (κ1) is 21.0. The summed E-state index contributed by atoms with van der Waals surface area (Å²) in [7, 11) is 6.37. The van der Waals surface area contributed by atoms with E-state index in [0.717, 1.165) is 63.8 Å². The van der Waals surface area contributed by atoms with Crippen LogP contribution in [0.4, 0.5) is 5.95 Å². The molecule has 0 spiro atoms. The molecule has 0 aromatic carbocycles. The molecule has 0 radical (unpaired) electrons. The molecule has 2 saturated heterocycles. The van der Waals surface area contributed by atoms with Crippen LogP contribution in [0.1, 0.15) is 48.2 Å². The van der Waals surface area contributed by atoms with Gasteiger partial charge in [-0.25, -0.2) is 9.97 Å². The van der Waals surface area contributed by atoms with Crippen molar-refractivity contribution in [3.05, 3.63) is 17.5 Å². The molecule has 2 aliphatic heterocycles. The lowest BCUT2D eigenvalue weighted by Crippen LogP contribution is -2.49. The number of anilines is 1. The Morgan fingerprint density at radius 1 is 1.11 bits per heavy atom. The van der Waals surface area contributed by atoms with Crippen molar-refractivity contribution in [3.8, 4) is 0 Å². The van der Waals surface area contributed by atoms with E-state index in [1.54, 1.807) is 6.20 Å². The largest absolute Gasteiger partial charge is 0.341 e. The van der Waals surface area contributed by atoms with E-state index in [1.165, 1.54) is 19.3 Å². The number of carbonyl (C=O) groups is 1. The van der Waals surface area contributed by atoms with Crippen molar-refractivity contribution in [2.75, 3.05) is 65.3 Å². The lowest BCUT2D eigenvalue weighted by atomic mass is 10.0. The van der Waals surface area contributed by atoms with Gasteiger partial charge in [0.2, 0.25) is 5.95 Å². The maximum atomic E-state index is 13.1. The molecular weight excluding hydrogens is 352 g/mol. The smallest absolute Gasteiger partial charge is 0.257 e. The summed E-state index contributed by atoms with van der Waals surface area (Å²) in [6.07, 6.45) is 7.61. The van der Waals surface area contributed by atoms with Crippen LogP contribution in [0.5, 0.6) is 0 Å². The van der Waals surface area contributed by atoms with E-state index in [9.17, 15) is 4.79 Å². The van der Waals surface area contributed by atoms with Crippen molar-refractivity contribution < 1.29 is 4.79 Å². The first-order chi connectivity index (χ1) is 13.5. The Bertz CT molecular complexity index is 658. The minimum absolute atomic E-state index is 0.0772. The summed E-state index contributed by atoms with van der Waals surface area (Å²) < 4.78 is 0. The van der Waals surface area contributed by atoms with Gasteiger partial charge in [0.1, 0.15) is 0 Å². The molecule has 0 bridgehead atoms. The highest BCUT2D eigenvalue weighted by atomic mass is 16.2. The van der Waals surface area contributed by atoms with E-state index >= 15 is 0 Å². The fourth-order valence-electron chi connectivity index (χ4n) is 4.12. The minimum Gasteiger partial charge on any atom is -0.341 e. The van der Waals surface area contributed by atoms with Gasteiger partial charge in [-0.2, -0.15) is 0 Å². The van der Waals surface area contributed by atoms with Crippen LogP contribution in [0, 0.1) is 6.92 Å². The fourth-order valence-corrected chi connectivity index (χ4v) is 4.12. The van der Waals surface area contributed by atoms with Crippen molar-refractivity contribution in [1.29, 1.82) is 0 Å². The van der Waals surface area contributed by atoms with E-state index in [-0.39, 0.29) is 5.91 Å². The predicted octanol–water partition coefficient (Wildman–Crippen LogP) is 1.87. The summed E-state index contributed by atoms with van der Waals surface area (Å²) in [6.45, 7) is 7.63. The van der Waals surface area contributed by atoms with Crippen LogP contribution in [0.3, 0.4) is 0 Å². The highest BCUT2D eigenvalue weighted by molar-refractivity contribution is 5.95. The Labute approximate surface area is 169 Å². The third-order valence-corrected chi connectivity index (χ3v) is 6.04. The number of aryl methyl sites for hydroxylation is 1. The van der Waals surface area contributed by atoms with Crippen molar-refractivity contribution >= 4 is 11.9 Å². The van der Waals surface area contributed by atoms with Crippen molar-refractivity contribution in [3.63, 3.8) is 0 Å². The molecule has 1 amide bonds. The SMILES string of the molecule is Cc1nc(N2CCCCC2)ncc1C(=O)N1CCCC(N(C)CCN(C)C)C1. The molecule has 7 heteroatoms. The molecule has 0 saturated carbocycles. The number of nitrogens with zero attached hydrogens (tertiary/aromatic N) is 6. The van der Waals surface area contributed by atoms with Crippen LogP contribution in [-0.2, 0) is 0 Å². The highest BCUT2D eigenvalue weighted by Gasteiger charge is 2.28. The Balaban J connectivity index is 1.64. The van der Waals surface area contributed by atoms with Gasteiger partial charge in [0, 0.05) is 51.5 Å². The Kier molecular flexibility index (Phi) is 7.24. The first-order valence-electron chi connectivity index (χ1n) is 10.7. The van der Waals surface area contributed by atoms with Gasteiger partial charge in [-0.3, -0.25) is 4.79 Å². The van der Waals surface area contributed by atoms with Crippen molar-refractivity contribution in [2.24, 2.45) is 0 Å². The second-order valence-corrected chi connectivity index (χ2v) is 8.55. The molecule has 2 fully saturated rings. The van der Waals surface area contributed by atoms with Gasteiger partial charge in [-0.15, -0.1) is 0 Å². The number of rotatable bonds is 6. The van der Waals surface area contributed by atoms with Gasteiger partial charge in [0.05, 0.1) is 11.3 Å². The molecule has 3 heterocycles. The number of likely N-dealkylation sites (tertiary alicyclic amines) is 1.